The van der Waals surface area contributed by atoms with Crippen LogP contribution in [0.4, 0.5) is 0 Å². The number of nitrogens with zero attached hydrogens (tertiary/aromatic N) is 4. The van der Waals surface area contributed by atoms with Gasteiger partial charge in [0.15, 0.2) is 28.9 Å². The van der Waals surface area contributed by atoms with Crippen molar-refractivity contribution < 1.29 is 9.59 Å². The minimum atomic E-state index is -0.183. The van der Waals surface area contributed by atoms with Gasteiger partial charge < -0.3 is 0 Å². The molecule has 0 amide bonds. The van der Waals surface area contributed by atoms with Crippen LogP contribution in [0.1, 0.15) is 81.8 Å². The quantitative estimate of drug-likeness (QED) is 0.118. The normalized spacial score (nSPS) is 12.6. The lowest BCUT2D eigenvalue weighted by atomic mass is 9.84. The fourth-order valence-corrected chi connectivity index (χ4v) is 16.8. The minimum Gasteiger partial charge on any atom is -0.288 e. The molecule has 0 fully saturated rings. The zero-order valence-corrected chi connectivity index (χ0v) is 41.5. The van der Waals surface area contributed by atoms with E-state index in [1.165, 1.54) is 69.3 Å². The topological polar surface area (TPSA) is 85.7 Å². The maximum absolute atomic E-state index is 15.8. The Kier molecular flexibility index (Phi) is 11.5. The van der Waals surface area contributed by atoms with Gasteiger partial charge in [0.25, 0.3) is 0 Å². The number of benzene rings is 6. The summed E-state index contributed by atoms with van der Waals surface area (Å²) in [5.41, 5.74) is 10.3. The fourth-order valence-electron chi connectivity index (χ4n) is 7.84. The number of ketones is 2. The Morgan fingerprint density at radius 1 is 0.359 bits per heavy atom. The Labute approximate surface area is 402 Å². The highest BCUT2D eigenvalue weighted by atomic mass is 32.2. The molecule has 0 N–H and O–H groups in total. The van der Waals surface area contributed by atoms with Gasteiger partial charge in [-0.15, -0.1) is 45.3 Å². The van der Waals surface area contributed by atoms with Gasteiger partial charge in [-0.05, 0) is 121 Å². The molecule has 0 saturated carbocycles. The van der Waals surface area contributed by atoms with Crippen LogP contribution in [-0.4, -0.2) is 31.5 Å². The molecule has 11 rings (SSSR count). The SMILES string of the molecule is CCc1ccc2nc(Sc3ccc(Sc4nc5ccc(CC)cc5s4)c4c3C(=O)c3c(Sc5nc6ccc(CC)cc6s5)ccc(Sc5nc6ccc(CC)cc6s5)c3C4=O)sc2c1. The monoisotopic (exact) mass is 980 g/mol. The molecular formula is C50H36N4O2S8. The van der Waals surface area contributed by atoms with Crippen LogP contribution in [-0.2, 0) is 25.7 Å². The van der Waals surface area contributed by atoms with E-state index >= 15 is 9.59 Å². The number of carbonyl (C=O) groups is 2. The number of aryl methyl sites for hydroxylation is 4. The second kappa shape index (κ2) is 17.4. The first-order valence-electron chi connectivity index (χ1n) is 21.0. The molecule has 14 heteroatoms. The number of hydrogen-bond donors (Lipinski definition) is 0. The van der Waals surface area contributed by atoms with E-state index in [2.05, 4.69) is 100 Å². The maximum atomic E-state index is 15.8. The second-order valence-corrected chi connectivity index (χ2v) is 24.5. The van der Waals surface area contributed by atoms with Crippen LogP contribution < -0.4 is 0 Å². The average Bonchev–Trinajstić information content (AvgIpc) is 4.11. The molecule has 1 aliphatic rings. The molecule has 0 saturated heterocycles. The number of fused-ring (bicyclic) bond motifs is 6. The summed E-state index contributed by atoms with van der Waals surface area (Å²) in [6.45, 7) is 8.60. The zero-order chi connectivity index (χ0) is 43.6. The van der Waals surface area contributed by atoms with Crippen LogP contribution in [0.25, 0.3) is 40.9 Å². The molecular weight excluding hydrogens is 945 g/mol. The van der Waals surface area contributed by atoms with Gasteiger partial charge in [0.1, 0.15) is 0 Å². The lowest BCUT2D eigenvalue weighted by Crippen LogP contribution is -2.24. The summed E-state index contributed by atoms with van der Waals surface area (Å²) < 4.78 is 7.66. The van der Waals surface area contributed by atoms with Crippen LogP contribution in [0.3, 0.4) is 0 Å². The lowest BCUT2D eigenvalue weighted by Gasteiger charge is -2.25. The molecule has 0 spiro atoms. The number of rotatable bonds is 12. The van der Waals surface area contributed by atoms with Gasteiger partial charge in [-0.3, -0.25) is 9.59 Å². The van der Waals surface area contributed by atoms with E-state index < -0.39 is 0 Å². The molecule has 0 bridgehead atoms. The molecule has 6 aromatic carbocycles. The number of carbonyl (C=O) groups excluding carboxylic acids is 2. The zero-order valence-electron chi connectivity index (χ0n) is 34.9. The molecule has 4 aromatic heterocycles. The summed E-state index contributed by atoms with van der Waals surface area (Å²) in [5, 5.41) is 0. The van der Waals surface area contributed by atoms with Crippen molar-refractivity contribution in [3.63, 3.8) is 0 Å². The predicted octanol–water partition coefficient (Wildman–Crippen LogP) is 15.8. The second-order valence-electron chi connectivity index (χ2n) is 15.2. The van der Waals surface area contributed by atoms with E-state index in [-0.39, 0.29) is 11.6 Å². The van der Waals surface area contributed by atoms with Gasteiger partial charge in [-0.2, -0.15) is 0 Å². The summed E-state index contributed by atoms with van der Waals surface area (Å²) in [7, 11) is 0. The molecule has 0 radical (unpaired) electrons. The van der Waals surface area contributed by atoms with Crippen molar-refractivity contribution in [3.8, 4) is 0 Å². The van der Waals surface area contributed by atoms with E-state index in [0.717, 1.165) is 83.9 Å². The van der Waals surface area contributed by atoms with Gasteiger partial charge in [0.05, 0.1) is 40.9 Å². The fraction of sp³-hybridized carbons (Fsp3) is 0.160. The molecule has 0 atom stereocenters. The Morgan fingerprint density at radius 3 is 0.812 bits per heavy atom. The Balaban J connectivity index is 1.08. The molecule has 4 heterocycles. The van der Waals surface area contributed by atoms with Crippen LogP contribution >= 0.6 is 92.4 Å². The van der Waals surface area contributed by atoms with Gasteiger partial charge >= 0.3 is 0 Å². The number of thiazole rings is 4. The van der Waals surface area contributed by atoms with E-state index in [9.17, 15) is 0 Å². The van der Waals surface area contributed by atoms with Gasteiger partial charge in [-0.25, -0.2) is 19.9 Å². The van der Waals surface area contributed by atoms with Crippen LogP contribution in [0, 0.1) is 0 Å². The van der Waals surface area contributed by atoms with Crippen molar-refractivity contribution in [2.24, 2.45) is 0 Å². The first-order chi connectivity index (χ1) is 31.2. The van der Waals surface area contributed by atoms with Crippen molar-refractivity contribution >= 4 is 145 Å². The third-order valence-electron chi connectivity index (χ3n) is 11.3. The molecule has 64 heavy (non-hydrogen) atoms. The maximum Gasteiger partial charge on any atom is 0.196 e. The van der Waals surface area contributed by atoms with Crippen molar-refractivity contribution in [2.75, 3.05) is 0 Å². The largest absolute Gasteiger partial charge is 0.288 e. The van der Waals surface area contributed by atoms with Crippen molar-refractivity contribution in [1.82, 2.24) is 19.9 Å². The van der Waals surface area contributed by atoms with Crippen LogP contribution in [0.15, 0.2) is 134 Å². The third-order valence-corrected chi connectivity index (χ3v) is 19.9. The highest BCUT2D eigenvalue weighted by Gasteiger charge is 2.39. The summed E-state index contributed by atoms with van der Waals surface area (Å²) in [4.78, 5) is 54.3. The molecule has 1 aliphatic carbocycles. The molecule has 316 valence electrons. The van der Waals surface area contributed by atoms with Crippen molar-refractivity contribution in [1.29, 1.82) is 0 Å². The van der Waals surface area contributed by atoms with E-state index in [4.69, 9.17) is 19.9 Å². The van der Waals surface area contributed by atoms with E-state index in [1.54, 1.807) is 45.3 Å². The Bertz CT molecular complexity index is 3070. The van der Waals surface area contributed by atoms with Crippen LogP contribution in [0.2, 0.25) is 0 Å². The summed E-state index contributed by atoms with van der Waals surface area (Å²) in [6, 6.07) is 33.5. The van der Waals surface area contributed by atoms with Crippen molar-refractivity contribution in [2.45, 2.75) is 90.3 Å². The Morgan fingerprint density at radius 2 is 0.594 bits per heavy atom. The highest BCUT2D eigenvalue weighted by Crippen LogP contribution is 2.50. The van der Waals surface area contributed by atoms with E-state index in [0.29, 0.717) is 41.8 Å². The average molecular weight is 981 g/mol. The number of hydrogen-bond acceptors (Lipinski definition) is 14. The first kappa shape index (κ1) is 42.3. The van der Waals surface area contributed by atoms with Gasteiger partial charge in [0.2, 0.25) is 0 Å². The van der Waals surface area contributed by atoms with E-state index in [1.807, 2.05) is 24.3 Å². The molecule has 6 nitrogen and oxygen atoms in total. The molecule has 0 unspecified atom stereocenters. The molecule has 10 aromatic rings. The first-order valence-corrected chi connectivity index (χ1v) is 27.5. The minimum absolute atomic E-state index is 0.183. The summed E-state index contributed by atoms with van der Waals surface area (Å²) >= 11 is 12.3. The highest BCUT2D eigenvalue weighted by molar-refractivity contribution is 8.02. The summed E-state index contributed by atoms with van der Waals surface area (Å²) in [6.07, 6.45) is 3.74. The van der Waals surface area contributed by atoms with Gasteiger partial charge in [-0.1, -0.05) is 99.0 Å². The lowest BCUT2D eigenvalue weighted by molar-refractivity contribution is 0.0970. The Hall–Kier alpha value is -4.38. The summed E-state index contributed by atoms with van der Waals surface area (Å²) in [5.74, 6) is -0.367. The third kappa shape index (κ3) is 7.83. The predicted molar refractivity (Wildman–Crippen MR) is 272 cm³/mol. The number of aromatic nitrogens is 4. The van der Waals surface area contributed by atoms with Crippen molar-refractivity contribution in [3.05, 3.63) is 142 Å². The smallest absolute Gasteiger partial charge is 0.196 e. The van der Waals surface area contributed by atoms with Crippen LogP contribution in [0.5, 0.6) is 0 Å². The van der Waals surface area contributed by atoms with Gasteiger partial charge in [0, 0.05) is 41.8 Å². The standard InChI is InChI=1S/C50H36N4O2S8/c1-5-25-9-13-29-37(21-25)61-47(51-29)57-33-17-18-34(58-48-52-30-14-10-26(6-2)22-38(30)62-48)42-41(33)45(55)43-35(59-49-53-31-15-11-27(7-3)23-39(31)63-49)19-20-36(44(43)46(42)56)60-50-54-32-16-12-28(8-4)24-40(32)64-50/h9-24H,5-8H2,1-4H3. The molecule has 0 aliphatic heterocycles.